The highest BCUT2D eigenvalue weighted by Gasteiger charge is 1.97. The molecular weight excluding hydrogens is 392 g/mol. The van der Waals surface area contributed by atoms with Crippen LogP contribution in [0.3, 0.4) is 0 Å². The predicted molar refractivity (Wildman–Crippen MR) is 115 cm³/mol. The summed E-state index contributed by atoms with van der Waals surface area (Å²) in [5.74, 6) is -1.07. The second kappa shape index (κ2) is 27.3. The topological polar surface area (TPSA) is 89.5 Å². The van der Waals surface area contributed by atoms with Crippen LogP contribution in [0, 0.1) is 0 Å². The zero-order valence-corrected chi connectivity index (χ0v) is 18.7. The van der Waals surface area contributed by atoms with Crippen LogP contribution in [0.15, 0.2) is 25.3 Å². The van der Waals surface area contributed by atoms with Gasteiger partial charge in [0.2, 0.25) is 0 Å². The van der Waals surface area contributed by atoms with Crippen molar-refractivity contribution in [2.75, 3.05) is 66.1 Å². The lowest BCUT2D eigenvalue weighted by atomic mass is 10.4. The SMILES string of the molecule is C=CC(=O)OCCOC(=O)C=C.CCCCOCCOCCOCCOCCCC. The van der Waals surface area contributed by atoms with E-state index in [1.807, 2.05) is 0 Å². The minimum Gasteiger partial charge on any atom is -0.459 e. The maximum absolute atomic E-state index is 10.4. The van der Waals surface area contributed by atoms with Crippen LogP contribution in [-0.2, 0) is 38.0 Å². The van der Waals surface area contributed by atoms with E-state index in [2.05, 4.69) is 36.5 Å². The summed E-state index contributed by atoms with van der Waals surface area (Å²) in [4.78, 5) is 20.9. The number of ether oxygens (including phenoxy) is 6. The van der Waals surface area contributed by atoms with Gasteiger partial charge in [-0.3, -0.25) is 0 Å². The Morgan fingerprint density at radius 1 is 0.567 bits per heavy atom. The van der Waals surface area contributed by atoms with Crippen LogP contribution in [0.5, 0.6) is 0 Å². The molecule has 0 aromatic heterocycles. The van der Waals surface area contributed by atoms with Crippen molar-refractivity contribution in [2.45, 2.75) is 39.5 Å². The van der Waals surface area contributed by atoms with Crippen molar-refractivity contribution in [3.8, 4) is 0 Å². The van der Waals surface area contributed by atoms with Crippen molar-refractivity contribution >= 4 is 11.9 Å². The molecule has 0 fully saturated rings. The van der Waals surface area contributed by atoms with Gasteiger partial charge < -0.3 is 28.4 Å². The largest absolute Gasteiger partial charge is 0.459 e. The zero-order chi connectivity index (χ0) is 22.7. The highest BCUT2D eigenvalue weighted by atomic mass is 16.6. The van der Waals surface area contributed by atoms with Crippen LogP contribution in [0.1, 0.15) is 39.5 Å². The summed E-state index contributed by atoms with van der Waals surface area (Å²) in [7, 11) is 0. The van der Waals surface area contributed by atoms with Crippen molar-refractivity contribution in [3.63, 3.8) is 0 Å². The third-order valence-electron chi connectivity index (χ3n) is 3.31. The Hall–Kier alpha value is -1.74. The number of carbonyl (C=O) groups excluding carboxylic acids is 2. The molecule has 0 bridgehead atoms. The molecule has 0 saturated heterocycles. The van der Waals surface area contributed by atoms with E-state index >= 15 is 0 Å². The molecule has 0 heterocycles. The van der Waals surface area contributed by atoms with Crippen LogP contribution < -0.4 is 0 Å². The molecule has 0 aliphatic carbocycles. The van der Waals surface area contributed by atoms with Gasteiger partial charge in [-0.25, -0.2) is 9.59 Å². The smallest absolute Gasteiger partial charge is 0.330 e. The first-order valence-corrected chi connectivity index (χ1v) is 10.5. The van der Waals surface area contributed by atoms with E-state index in [0.717, 1.165) is 38.2 Å². The average molecular weight is 433 g/mol. The Morgan fingerprint density at radius 2 is 0.867 bits per heavy atom. The minimum absolute atomic E-state index is 0.0322. The van der Waals surface area contributed by atoms with Crippen LogP contribution >= 0.6 is 0 Å². The van der Waals surface area contributed by atoms with Gasteiger partial charge in [0.15, 0.2) is 0 Å². The predicted octanol–water partition coefficient (Wildman–Crippen LogP) is 3.10. The summed E-state index contributed by atoms with van der Waals surface area (Å²) in [6.45, 7) is 16.4. The lowest BCUT2D eigenvalue weighted by Gasteiger charge is -2.07. The molecule has 0 amide bonds. The Kier molecular flexibility index (Phi) is 27.7. The first-order chi connectivity index (χ1) is 14.6. The molecule has 0 saturated carbocycles. The van der Waals surface area contributed by atoms with E-state index in [-0.39, 0.29) is 13.2 Å². The highest BCUT2D eigenvalue weighted by Crippen LogP contribution is 1.89. The molecule has 0 aliphatic rings. The number of carbonyl (C=O) groups is 2. The maximum Gasteiger partial charge on any atom is 0.330 e. The first-order valence-electron chi connectivity index (χ1n) is 10.5. The third-order valence-corrected chi connectivity index (χ3v) is 3.31. The fraction of sp³-hybridized carbons (Fsp3) is 0.727. The van der Waals surface area contributed by atoms with Gasteiger partial charge in [0.05, 0.1) is 39.6 Å². The Labute approximate surface area is 181 Å². The summed E-state index contributed by atoms with van der Waals surface area (Å²) in [6, 6.07) is 0. The first kappa shape index (κ1) is 30.5. The molecule has 0 aromatic carbocycles. The lowest BCUT2D eigenvalue weighted by molar-refractivity contribution is -0.146. The molecule has 0 radical (unpaired) electrons. The maximum atomic E-state index is 10.4. The van der Waals surface area contributed by atoms with Gasteiger partial charge in [0.1, 0.15) is 13.2 Å². The summed E-state index contributed by atoms with van der Waals surface area (Å²) in [5, 5.41) is 0. The van der Waals surface area contributed by atoms with Gasteiger partial charge >= 0.3 is 11.9 Å². The highest BCUT2D eigenvalue weighted by molar-refractivity contribution is 5.81. The standard InChI is InChI=1S/C14H30O4.C8H10O4/c1-3-5-7-15-9-11-17-13-14-18-12-10-16-8-6-4-2;1-3-7(9)11-5-6-12-8(10)4-2/h3-14H2,1-2H3;3-4H,1-2,5-6H2. The van der Waals surface area contributed by atoms with Gasteiger partial charge in [-0.2, -0.15) is 0 Å². The molecule has 0 spiro atoms. The van der Waals surface area contributed by atoms with E-state index in [4.69, 9.17) is 18.9 Å². The molecular formula is C22H40O8. The van der Waals surface area contributed by atoms with Crippen LogP contribution in [-0.4, -0.2) is 78.0 Å². The van der Waals surface area contributed by atoms with E-state index in [1.165, 1.54) is 12.8 Å². The molecule has 0 aliphatic heterocycles. The quantitative estimate of drug-likeness (QED) is 0.165. The van der Waals surface area contributed by atoms with Crippen LogP contribution in [0.25, 0.3) is 0 Å². The third kappa shape index (κ3) is 28.5. The molecule has 8 heteroatoms. The number of hydrogen-bond donors (Lipinski definition) is 0. The number of esters is 2. The number of rotatable bonds is 20. The molecule has 0 atom stereocenters. The van der Waals surface area contributed by atoms with Gasteiger partial charge in [0, 0.05) is 25.4 Å². The van der Waals surface area contributed by atoms with Gasteiger partial charge in [-0.05, 0) is 12.8 Å². The molecule has 176 valence electrons. The minimum atomic E-state index is -0.537. The Morgan fingerprint density at radius 3 is 1.13 bits per heavy atom. The van der Waals surface area contributed by atoms with Crippen molar-refractivity contribution in [2.24, 2.45) is 0 Å². The van der Waals surface area contributed by atoms with E-state index in [0.29, 0.717) is 39.6 Å². The normalized spacial score (nSPS) is 9.93. The van der Waals surface area contributed by atoms with E-state index in [1.54, 1.807) is 0 Å². The van der Waals surface area contributed by atoms with Gasteiger partial charge in [-0.15, -0.1) is 0 Å². The van der Waals surface area contributed by atoms with Crippen molar-refractivity contribution in [1.29, 1.82) is 0 Å². The fourth-order valence-electron chi connectivity index (χ4n) is 1.66. The number of unbranched alkanes of at least 4 members (excludes halogenated alkanes) is 2. The summed E-state index contributed by atoms with van der Waals surface area (Å²) >= 11 is 0. The van der Waals surface area contributed by atoms with Crippen molar-refractivity contribution in [1.82, 2.24) is 0 Å². The average Bonchev–Trinajstić information content (AvgIpc) is 2.77. The zero-order valence-electron chi connectivity index (χ0n) is 18.7. The van der Waals surface area contributed by atoms with Crippen molar-refractivity contribution < 1.29 is 38.0 Å². The fourth-order valence-corrected chi connectivity index (χ4v) is 1.66. The number of hydrogen-bond acceptors (Lipinski definition) is 8. The van der Waals surface area contributed by atoms with E-state index < -0.39 is 11.9 Å². The monoisotopic (exact) mass is 432 g/mol. The van der Waals surface area contributed by atoms with Gasteiger partial charge in [-0.1, -0.05) is 39.8 Å². The summed E-state index contributed by atoms with van der Waals surface area (Å²) in [6.07, 6.45) is 6.68. The van der Waals surface area contributed by atoms with E-state index in [9.17, 15) is 9.59 Å². The Balaban J connectivity index is 0. The second-order valence-corrected chi connectivity index (χ2v) is 5.90. The molecule has 0 rings (SSSR count). The second-order valence-electron chi connectivity index (χ2n) is 5.90. The van der Waals surface area contributed by atoms with Crippen molar-refractivity contribution in [3.05, 3.63) is 25.3 Å². The van der Waals surface area contributed by atoms with Crippen LogP contribution in [0.4, 0.5) is 0 Å². The molecule has 0 unspecified atom stereocenters. The molecule has 30 heavy (non-hydrogen) atoms. The summed E-state index contributed by atoms with van der Waals surface area (Å²) in [5.41, 5.74) is 0. The Bertz CT molecular complexity index is 374. The van der Waals surface area contributed by atoms with Gasteiger partial charge in [0.25, 0.3) is 0 Å². The molecule has 8 nitrogen and oxygen atoms in total. The summed E-state index contributed by atoms with van der Waals surface area (Å²) < 4.78 is 30.5. The molecule has 0 N–H and O–H groups in total. The lowest BCUT2D eigenvalue weighted by Crippen LogP contribution is -2.12. The van der Waals surface area contributed by atoms with Crippen LogP contribution in [0.2, 0.25) is 0 Å². The molecule has 0 aromatic rings.